The van der Waals surface area contributed by atoms with Gasteiger partial charge in [-0.15, -0.1) is 33.5 Å². The summed E-state index contributed by atoms with van der Waals surface area (Å²) in [6.45, 7) is 0.514. The number of hydrogen-bond donors (Lipinski definition) is 0. The number of halogens is 21. The van der Waals surface area contributed by atoms with E-state index in [1.807, 2.05) is 30.5 Å². The highest BCUT2D eigenvalue weighted by Crippen LogP contribution is 2.30. The van der Waals surface area contributed by atoms with Crippen molar-refractivity contribution in [2.45, 2.75) is 0 Å². The van der Waals surface area contributed by atoms with E-state index in [0.717, 1.165) is 10.9 Å². The van der Waals surface area contributed by atoms with E-state index in [2.05, 4.69) is 12.1 Å². The van der Waals surface area contributed by atoms with Gasteiger partial charge in [0.05, 0.1) is 11.3 Å². The van der Waals surface area contributed by atoms with E-state index in [0.29, 0.717) is 12.5 Å². The average Bonchev–Trinajstić information content (AvgIpc) is 3.22. The van der Waals surface area contributed by atoms with Crippen molar-refractivity contribution in [3.05, 3.63) is 159 Å². The van der Waals surface area contributed by atoms with Gasteiger partial charge in [-0.3, -0.25) is 4.84 Å². The Morgan fingerprint density at radius 2 is 0.627 bits per heavy atom. The average molecular weight is 888 g/mol. The summed E-state index contributed by atoms with van der Waals surface area (Å²) in [5.74, 6) is -70.9. The molecule has 0 saturated carbocycles. The summed E-state index contributed by atoms with van der Waals surface area (Å²) in [5, 5.41) is 1.16. The Labute approximate surface area is 319 Å². The van der Waals surface area contributed by atoms with Crippen molar-refractivity contribution < 1.29 is 97.4 Å². The van der Waals surface area contributed by atoms with E-state index >= 15 is 35.1 Å². The second-order valence-corrected chi connectivity index (χ2v) is 12.1. The summed E-state index contributed by atoms with van der Waals surface area (Å²) in [6, 6.07) is 12.1. The van der Waals surface area contributed by atoms with Gasteiger partial charge in [0.2, 0.25) is 6.20 Å². The van der Waals surface area contributed by atoms with Gasteiger partial charge in [0.15, 0.2) is 76.4 Å². The summed E-state index contributed by atoms with van der Waals surface area (Å²) >= 11 is 5.56. The predicted molar refractivity (Wildman–Crippen MR) is 166 cm³/mol. The molecule has 1 aromatic heterocycles. The Hall–Kier alpha value is -5.74. The molecule has 0 unspecified atom stereocenters. The summed E-state index contributed by atoms with van der Waals surface area (Å²) < 4.78 is 296. The third kappa shape index (κ3) is 6.81. The summed E-state index contributed by atoms with van der Waals surface area (Å²) in [6.07, 6.45) is -5.33. The van der Waals surface area contributed by atoms with Crippen LogP contribution in [0.2, 0.25) is 0 Å². The number of rotatable bonds is 7. The maximum Gasteiger partial charge on any atom is 0.264 e. The van der Waals surface area contributed by atoms with Crippen molar-refractivity contribution in [1.82, 2.24) is 0 Å². The molecule has 59 heavy (non-hydrogen) atoms. The molecule has 0 aliphatic rings. The van der Waals surface area contributed by atoms with Crippen LogP contribution in [0, 0.1) is 116 Å². The van der Waals surface area contributed by atoms with Crippen molar-refractivity contribution in [2.75, 3.05) is 12.5 Å². The van der Waals surface area contributed by atoms with Crippen molar-refractivity contribution in [1.29, 1.82) is 0 Å². The number of fused-ring (bicyclic) bond motifs is 1. The number of para-hydroxylation sites is 1. The molecule has 6 aromatic rings. The van der Waals surface area contributed by atoms with Crippen LogP contribution in [0.25, 0.3) is 10.9 Å². The highest BCUT2D eigenvalue weighted by atomic mass is 35.5. The fraction of sp³-hybridized carbons (Fsp3) is 0.0571. The Bertz CT molecular complexity index is 2290. The largest absolute Gasteiger partial charge is 0.270 e. The van der Waals surface area contributed by atoms with Crippen molar-refractivity contribution in [3.63, 3.8) is 0 Å². The molecule has 6 rings (SSSR count). The molecule has 2 nitrogen and oxygen atoms in total. The van der Waals surface area contributed by atoms with E-state index in [1.54, 1.807) is 4.73 Å². The Morgan fingerprint density at radius 3 is 0.915 bits per heavy atom. The Kier molecular flexibility index (Phi) is 12.4. The molecular weight excluding hydrogens is 877 g/mol. The van der Waals surface area contributed by atoms with Crippen LogP contribution in [0.15, 0.2) is 42.6 Å². The third-order valence-electron chi connectivity index (χ3n) is 8.69. The van der Waals surface area contributed by atoms with Crippen molar-refractivity contribution in [3.8, 4) is 0 Å². The van der Waals surface area contributed by atoms with Crippen LogP contribution in [0.3, 0.4) is 0 Å². The number of nitrogens with zero attached hydrogens (tertiary/aromatic N) is 1. The van der Waals surface area contributed by atoms with Crippen LogP contribution < -0.4 is 31.4 Å². The fourth-order valence-corrected chi connectivity index (χ4v) is 6.32. The molecule has 0 N–H and O–H groups in total. The molecule has 0 aliphatic heterocycles. The third-order valence-corrected chi connectivity index (χ3v) is 8.84. The van der Waals surface area contributed by atoms with E-state index in [1.165, 1.54) is 0 Å². The molecule has 5 aromatic carbocycles. The van der Waals surface area contributed by atoms with E-state index in [9.17, 15) is 52.7 Å². The lowest BCUT2D eigenvalue weighted by atomic mass is 9.12. The summed E-state index contributed by atoms with van der Waals surface area (Å²) in [5.41, 5.74) is -13.3. The molecule has 0 atom stereocenters. The van der Waals surface area contributed by atoms with Gasteiger partial charge in [-0.1, -0.05) is 12.1 Å². The lowest BCUT2D eigenvalue weighted by molar-refractivity contribution is -0.870. The van der Waals surface area contributed by atoms with Gasteiger partial charge in [0, 0.05) is 16.9 Å². The van der Waals surface area contributed by atoms with Crippen LogP contribution in [0.1, 0.15) is 0 Å². The molecule has 0 aliphatic carbocycles. The minimum Gasteiger partial charge on any atom is -0.270 e. The van der Waals surface area contributed by atoms with E-state index < -0.39 is 144 Å². The van der Waals surface area contributed by atoms with E-state index in [4.69, 9.17) is 16.4 Å². The van der Waals surface area contributed by atoms with Crippen molar-refractivity contribution >= 4 is 50.5 Å². The first kappa shape index (κ1) is 44.4. The van der Waals surface area contributed by atoms with Crippen molar-refractivity contribution in [2.24, 2.45) is 0 Å². The zero-order chi connectivity index (χ0) is 44.2. The normalized spacial score (nSPS) is 11.6. The highest BCUT2D eigenvalue weighted by Gasteiger charge is 2.52. The molecular formula is C35H11BClF20NO. The number of alkyl halides is 1. The molecule has 0 saturated heterocycles. The predicted octanol–water partition coefficient (Wildman–Crippen LogP) is 7.64. The van der Waals surface area contributed by atoms with Crippen LogP contribution in [0.5, 0.6) is 0 Å². The highest BCUT2D eigenvalue weighted by molar-refractivity contribution is 7.20. The molecule has 24 heteroatoms. The van der Waals surface area contributed by atoms with Crippen LogP contribution >= 0.6 is 11.6 Å². The SMILES string of the molecule is ClCCO[n+]1cccc2ccccc21.Fc1c(F)c(F)c([B-](c2c(F)c(F)c(F)c(F)c2F)(c2c(F)c(F)c(F)c(F)c2F)c2c(F)c(F)c(F)c(F)c2F)c(F)c1F. The second-order valence-electron chi connectivity index (χ2n) is 11.7. The van der Waals surface area contributed by atoms with Gasteiger partial charge in [-0.25, -0.2) is 87.8 Å². The number of aromatic nitrogens is 1. The monoisotopic (exact) mass is 887 g/mol. The van der Waals surface area contributed by atoms with Gasteiger partial charge < -0.3 is 0 Å². The van der Waals surface area contributed by atoms with Crippen LogP contribution in [0.4, 0.5) is 87.8 Å². The standard InChI is InChI=1S/C24BF20.C11H11ClNO/c26-5-1(6(27)14(35)21(42)13(5)34)25(2-7(28)15(36)22(43)16(37)8(2)29,3-9(30)17(38)23(44)18(39)10(3)31)4-11(32)19(40)24(45)20(41)12(4)33;12-7-9-14-13-8-3-5-10-4-1-2-6-11(10)13/h;1-6,8H,7,9H2/q-1;+1. The smallest absolute Gasteiger partial charge is 0.264 e. The lowest BCUT2D eigenvalue weighted by Gasteiger charge is -2.44. The lowest BCUT2D eigenvalue weighted by Crippen LogP contribution is -2.81. The molecule has 0 amide bonds. The maximum absolute atomic E-state index is 15.4. The minimum absolute atomic E-state index is 0.496. The molecule has 0 fully saturated rings. The Morgan fingerprint density at radius 1 is 0.373 bits per heavy atom. The summed E-state index contributed by atoms with van der Waals surface area (Å²) in [7, 11) is 0. The first-order chi connectivity index (χ1) is 27.6. The summed E-state index contributed by atoms with van der Waals surface area (Å²) in [4.78, 5) is 5.45. The zero-order valence-corrected chi connectivity index (χ0v) is 28.6. The van der Waals surface area contributed by atoms with Gasteiger partial charge in [-0.2, -0.15) is 0 Å². The molecule has 0 radical (unpaired) electrons. The minimum atomic E-state index is -7.22. The Balaban J connectivity index is 0.000000395. The molecule has 0 bridgehead atoms. The van der Waals surface area contributed by atoms with Gasteiger partial charge in [-0.05, 0) is 12.1 Å². The quantitative estimate of drug-likeness (QED) is 0.0402. The number of hydrogen-bond acceptors (Lipinski definition) is 1. The van der Waals surface area contributed by atoms with Crippen LogP contribution in [-0.2, 0) is 0 Å². The van der Waals surface area contributed by atoms with Gasteiger partial charge >= 0.3 is 0 Å². The first-order valence-corrected chi connectivity index (χ1v) is 16.0. The van der Waals surface area contributed by atoms with Gasteiger partial charge in [0.1, 0.15) is 52.7 Å². The number of pyridine rings is 1. The molecule has 312 valence electrons. The van der Waals surface area contributed by atoms with E-state index in [-0.39, 0.29) is 0 Å². The molecule has 1 heterocycles. The zero-order valence-electron chi connectivity index (χ0n) is 27.8. The molecule has 0 spiro atoms. The van der Waals surface area contributed by atoms with Gasteiger partial charge in [0.25, 0.3) is 5.52 Å². The second kappa shape index (κ2) is 16.5. The first-order valence-electron chi connectivity index (χ1n) is 15.4. The number of benzene rings is 5. The maximum atomic E-state index is 15.4. The topological polar surface area (TPSA) is 13.1 Å². The fourth-order valence-electron chi connectivity index (χ4n) is 6.25. The van der Waals surface area contributed by atoms with Crippen LogP contribution in [-0.4, -0.2) is 18.6 Å².